The van der Waals surface area contributed by atoms with Crippen LogP contribution >= 0.6 is 0 Å². The number of ether oxygens (including phenoxy) is 1. The van der Waals surface area contributed by atoms with E-state index in [2.05, 4.69) is 4.98 Å². The first-order valence-electron chi connectivity index (χ1n) is 6.83. The van der Waals surface area contributed by atoms with Crippen molar-refractivity contribution in [3.05, 3.63) is 53.2 Å². The lowest BCUT2D eigenvalue weighted by molar-refractivity contribution is 0.447. The van der Waals surface area contributed by atoms with Gasteiger partial charge in [-0.15, -0.1) is 0 Å². The third-order valence-electron chi connectivity index (χ3n) is 3.16. The number of hydrogen-bond acceptors (Lipinski definition) is 3. The Bertz CT molecular complexity index is 611. The molecule has 0 fully saturated rings. The number of rotatable bonds is 5. The topological polar surface area (TPSA) is 48.1 Å². The summed E-state index contributed by atoms with van der Waals surface area (Å²) >= 11 is 0. The Kier molecular flexibility index (Phi) is 4.85. The van der Waals surface area contributed by atoms with Crippen LogP contribution in [0, 0.1) is 18.6 Å². The molecule has 0 saturated carbocycles. The van der Waals surface area contributed by atoms with Gasteiger partial charge in [0.2, 0.25) is 5.88 Å². The van der Waals surface area contributed by atoms with Crippen molar-refractivity contribution in [2.75, 3.05) is 0 Å². The predicted octanol–water partition coefficient (Wildman–Crippen LogP) is 3.74. The molecule has 0 spiro atoms. The summed E-state index contributed by atoms with van der Waals surface area (Å²) in [7, 11) is 0. The van der Waals surface area contributed by atoms with Crippen molar-refractivity contribution in [3.63, 3.8) is 0 Å². The minimum atomic E-state index is -0.687. The van der Waals surface area contributed by atoms with Crippen LogP contribution in [0.4, 0.5) is 8.78 Å². The standard InChI is InChI=1S/C16H18F2N2O/c1-3-14(19)5-11-4-10(2)16(20-9-11)21-15-7-12(17)6-13(18)8-15/h4,6-9,14H,3,5,19H2,1-2H3. The van der Waals surface area contributed by atoms with E-state index in [0.717, 1.165) is 42.2 Å². The maximum absolute atomic E-state index is 13.1. The largest absolute Gasteiger partial charge is 0.439 e. The Hall–Kier alpha value is -2.01. The van der Waals surface area contributed by atoms with Crippen LogP contribution in [0.1, 0.15) is 24.5 Å². The second kappa shape index (κ2) is 6.63. The smallest absolute Gasteiger partial charge is 0.222 e. The molecule has 0 aliphatic carbocycles. The quantitative estimate of drug-likeness (QED) is 0.913. The van der Waals surface area contributed by atoms with E-state index in [1.807, 2.05) is 19.9 Å². The van der Waals surface area contributed by atoms with Crippen LogP contribution in [0.15, 0.2) is 30.5 Å². The average Bonchev–Trinajstić information content (AvgIpc) is 2.40. The van der Waals surface area contributed by atoms with Crippen molar-refractivity contribution in [2.45, 2.75) is 32.7 Å². The molecule has 3 nitrogen and oxygen atoms in total. The number of aryl methyl sites for hydroxylation is 1. The summed E-state index contributed by atoms with van der Waals surface area (Å²) < 4.78 is 31.7. The average molecular weight is 292 g/mol. The molecule has 0 saturated heterocycles. The maximum Gasteiger partial charge on any atom is 0.222 e. The number of pyridine rings is 1. The van der Waals surface area contributed by atoms with Gasteiger partial charge in [0.25, 0.3) is 0 Å². The molecular formula is C16H18F2N2O. The second-order valence-electron chi connectivity index (χ2n) is 5.05. The molecule has 5 heteroatoms. The first-order chi connectivity index (χ1) is 9.97. The lowest BCUT2D eigenvalue weighted by Gasteiger charge is -2.12. The van der Waals surface area contributed by atoms with E-state index in [1.165, 1.54) is 0 Å². The summed E-state index contributed by atoms with van der Waals surface area (Å²) in [5, 5.41) is 0. The highest BCUT2D eigenvalue weighted by atomic mass is 19.1. The third-order valence-corrected chi connectivity index (χ3v) is 3.16. The van der Waals surface area contributed by atoms with Crippen LogP contribution < -0.4 is 10.5 Å². The zero-order chi connectivity index (χ0) is 15.4. The van der Waals surface area contributed by atoms with Gasteiger partial charge in [0.1, 0.15) is 17.4 Å². The number of nitrogens with two attached hydrogens (primary N) is 1. The van der Waals surface area contributed by atoms with E-state index in [-0.39, 0.29) is 11.8 Å². The van der Waals surface area contributed by atoms with Gasteiger partial charge in [0.05, 0.1) is 0 Å². The molecule has 0 radical (unpaired) electrons. The third kappa shape index (κ3) is 4.23. The molecule has 2 N–H and O–H groups in total. The highest BCUT2D eigenvalue weighted by Gasteiger charge is 2.09. The molecule has 1 aromatic carbocycles. The van der Waals surface area contributed by atoms with Gasteiger partial charge < -0.3 is 10.5 Å². The summed E-state index contributed by atoms with van der Waals surface area (Å²) in [4.78, 5) is 4.20. The van der Waals surface area contributed by atoms with Gasteiger partial charge in [-0.1, -0.05) is 6.92 Å². The number of aromatic nitrogens is 1. The fourth-order valence-electron chi connectivity index (χ4n) is 1.99. The Morgan fingerprint density at radius 1 is 1.19 bits per heavy atom. The van der Waals surface area contributed by atoms with E-state index < -0.39 is 11.6 Å². The van der Waals surface area contributed by atoms with Crippen molar-refractivity contribution in [2.24, 2.45) is 5.73 Å². The van der Waals surface area contributed by atoms with Crippen molar-refractivity contribution in [1.82, 2.24) is 4.98 Å². The molecular weight excluding hydrogens is 274 g/mol. The van der Waals surface area contributed by atoms with E-state index in [9.17, 15) is 8.78 Å². The second-order valence-corrected chi connectivity index (χ2v) is 5.05. The number of halogens is 2. The summed E-state index contributed by atoms with van der Waals surface area (Å²) in [5.41, 5.74) is 7.71. The zero-order valence-electron chi connectivity index (χ0n) is 12.1. The van der Waals surface area contributed by atoms with E-state index in [0.29, 0.717) is 5.88 Å². The summed E-state index contributed by atoms with van der Waals surface area (Å²) in [6, 6.07) is 5.04. The Labute approximate surface area is 122 Å². The lowest BCUT2D eigenvalue weighted by Crippen LogP contribution is -2.21. The van der Waals surface area contributed by atoms with E-state index >= 15 is 0 Å². The summed E-state index contributed by atoms with van der Waals surface area (Å²) in [6.07, 6.45) is 3.30. The highest BCUT2D eigenvalue weighted by Crippen LogP contribution is 2.25. The monoisotopic (exact) mass is 292 g/mol. The first-order valence-corrected chi connectivity index (χ1v) is 6.83. The van der Waals surface area contributed by atoms with Crippen molar-refractivity contribution < 1.29 is 13.5 Å². The van der Waals surface area contributed by atoms with Crippen LogP contribution in [0.2, 0.25) is 0 Å². The maximum atomic E-state index is 13.1. The van der Waals surface area contributed by atoms with Crippen molar-refractivity contribution in [3.8, 4) is 11.6 Å². The fraction of sp³-hybridized carbons (Fsp3) is 0.312. The highest BCUT2D eigenvalue weighted by molar-refractivity contribution is 5.34. The molecule has 112 valence electrons. The molecule has 2 rings (SSSR count). The van der Waals surface area contributed by atoms with Gasteiger partial charge >= 0.3 is 0 Å². The minimum absolute atomic E-state index is 0.0844. The minimum Gasteiger partial charge on any atom is -0.439 e. The van der Waals surface area contributed by atoms with Gasteiger partial charge in [0.15, 0.2) is 0 Å². The van der Waals surface area contributed by atoms with Gasteiger partial charge in [-0.05, 0) is 31.4 Å². The SMILES string of the molecule is CCC(N)Cc1cnc(Oc2cc(F)cc(F)c2)c(C)c1. The zero-order valence-corrected chi connectivity index (χ0v) is 12.1. The Balaban J connectivity index is 2.17. The van der Waals surface area contributed by atoms with Crippen LogP contribution in [0.5, 0.6) is 11.6 Å². The Morgan fingerprint density at radius 2 is 1.86 bits per heavy atom. The van der Waals surface area contributed by atoms with E-state index in [1.54, 1.807) is 6.20 Å². The molecule has 1 heterocycles. The van der Waals surface area contributed by atoms with Gasteiger partial charge in [-0.2, -0.15) is 0 Å². The van der Waals surface area contributed by atoms with Crippen molar-refractivity contribution in [1.29, 1.82) is 0 Å². The van der Waals surface area contributed by atoms with Crippen LogP contribution in [0.25, 0.3) is 0 Å². The normalized spacial score (nSPS) is 12.2. The van der Waals surface area contributed by atoms with Gasteiger partial charge in [-0.3, -0.25) is 0 Å². The molecule has 1 unspecified atom stereocenters. The number of benzene rings is 1. The molecule has 0 bridgehead atoms. The molecule has 1 aromatic heterocycles. The van der Waals surface area contributed by atoms with Gasteiger partial charge in [0, 0.05) is 36.0 Å². The molecule has 2 aromatic rings. The molecule has 0 aliphatic heterocycles. The molecule has 21 heavy (non-hydrogen) atoms. The number of nitrogens with zero attached hydrogens (tertiary/aromatic N) is 1. The predicted molar refractivity (Wildman–Crippen MR) is 77.4 cm³/mol. The van der Waals surface area contributed by atoms with Crippen LogP contribution in [-0.2, 0) is 6.42 Å². The summed E-state index contributed by atoms with van der Waals surface area (Å²) in [5.74, 6) is -0.962. The molecule has 0 aliphatic rings. The molecule has 1 atom stereocenters. The van der Waals surface area contributed by atoms with Crippen molar-refractivity contribution >= 4 is 0 Å². The lowest BCUT2D eigenvalue weighted by atomic mass is 10.1. The van der Waals surface area contributed by atoms with Crippen LogP contribution in [-0.4, -0.2) is 11.0 Å². The molecule has 0 amide bonds. The summed E-state index contributed by atoms with van der Waals surface area (Å²) in [6.45, 7) is 3.86. The number of hydrogen-bond donors (Lipinski definition) is 1. The fourth-order valence-corrected chi connectivity index (χ4v) is 1.99. The van der Waals surface area contributed by atoms with E-state index in [4.69, 9.17) is 10.5 Å². The van der Waals surface area contributed by atoms with Crippen LogP contribution in [0.3, 0.4) is 0 Å². The first kappa shape index (κ1) is 15.4. The van der Waals surface area contributed by atoms with Gasteiger partial charge in [-0.25, -0.2) is 13.8 Å². The Morgan fingerprint density at radius 3 is 2.43 bits per heavy atom.